The number of nitrogens with zero attached hydrogens (tertiary/aromatic N) is 3. The third-order valence-electron chi connectivity index (χ3n) is 6.01. The number of methoxy groups -OCH3 is 1. The number of ether oxygens (including phenoxy) is 4. The van der Waals surface area contributed by atoms with Crippen LogP contribution in [-0.4, -0.2) is 43.4 Å². The monoisotopic (exact) mass is 494 g/mol. The van der Waals surface area contributed by atoms with Crippen LogP contribution in [0.3, 0.4) is 0 Å². The molecule has 0 saturated carbocycles. The Balaban J connectivity index is 1.79. The topological polar surface area (TPSA) is 120 Å². The summed E-state index contributed by atoms with van der Waals surface area (Å²) < 4.78 is 23.1. The van der Waals surface area contributed by atoms with Crippen LogP contribution in [0.25, 0.3) is 10.4 Å². The number of esters is 2. The van der Waals surface area contributed by atoms with Gasteiger partial charge in [-0.15, -0.1) is 0 Å². The highest BCUT2D eigenvalue weighted by Gasteiger charge is 2.47. The van der Waals surface area contributed by atoms with Crippen molar-refractivity contribution in [3.05, 3.63) is 88.3 Å². The Kier molecular flexibility index (Phi) is 10.8. The fourth-order valence-electron chi connectivity index (χ4n) is 4.12. The first-order valence-electron chi connectivity index (χ1n) is 12.1. The Morgan fingerprint density at radius 2 is 1.72 bits per heavy atom. The van der Waals surface area contributed by atoms with Crippen molar-refractivity contribution in [2.45, 2.75) is 70.0 Å². The van der Waals surface area contributed by atoms with Crippen LogP contribution in [0.4, 0.5) is 0 Å². The molecule has 191 valence electrons. The van der Waals surface area contributed by atoms with E-state index in [-0.39, 0.29) is 12.6 Å². The molecule has 3 rings (SSSR count). The van der Waals surface area contributed by atoms with Gasteiger partial charge in [0.25, 0.3) is 0 Å². The number of unbranched alkanes of at least 4 members (excludes halogenated alkanes) is 2. The molecule has 0 unspecified atom stereocenters. The van der Waals surface area contributed by atoms with E-state index in [2.05, 4.69) is 10.0 Å². The normalized spacial score (nSPS) is 21.8. The highest BCUT2D eigenvalue weighted by atomic mass is 16.6. The van der Waals surface area contributed by atoms with Crippen molar-refractivity contribution >= 4 is 11.9 Å². The van der Waals surface area contributed by atoms with Crippen LogP contribution in [0, 0.1) is 6.10 Å². The van der Waals surface area contributed by atoms with Gasteiger partial charge in [0.2, 0.25) is 0 Å². The average molecular weight is 495 g/mol. The van der Waals surface area contributed by atoms with Gasteiger partial charge < -0.3 is 18.9 Å². The molecular weight excluding hydrogens is 462 g/mol. The van der Waals surface area contributed by atoms with Gasteiger partial charge in [0.1, 0.15) is 24.4 Å². The summed E-state index contributed by atoms with van der Waals surface area (Å²) in [6.45, 7) is 2.05. The molecule has 0 amide bonds. The second-order valence-corrected chi connectivity index (χ2v) is 8.57. The summed E-state index contributed by atoms with van der Waals surface area (Å²) in [5.41, 5.74) is 10.5. The van der Waals surface area contributed by atoms with Crippen LogP contribution in [0.2, 0.25) is 0 Å². The van der Waals surface area contributed by atoms with E-state index in [0.717, 1.165) is 18.4 Å². The Morgan fingerprint density at radius 1 is 1.03 bits per heavy atom. The maximum Gasteiger partial charge on any atom is 0.338 e. The van der Waals surface area contributed by atoms with Crippen molar-refractivity contribution in [2.75, 3.05) is 7.11 Å². The van der Waals surface area contributed by atoms with Gasteiger partial charge in [-0.2, -0.15) is 0 Å². The van der Waals surface area contributed by atoms with Gasteiger partial charge in [-0.25, -0.2) is 4.79 Å². The zero-order valence-electron chi connectivity index (χ0n) is 20.6. The second kappa shape index (κ2) is 14.2. The molecule has 0 aromatic heterocycles. The fourth-order valence-corrected chi connectivity index (χ4v) is 4.12. The van der Waals surface area contributed by atoms with Crippen molar-refractivity contribution < 1.29 is 28.5 Å². The lowest BCUT2D eigenvalue weighted by Gasteiger charge is -2.43. The molecule has 1 aliphatic rings. The summed E-state index contributed by atoms with van der Waals surface area (Å²) in [6, 6.07) is 17.5. The van der Waals surface area contributed by atoms with Crippen LogP contribution in [0.1, 0.15) is 54.9 Å². The third kappa shape index (κ3) is 7.81. The van der Waals surface area contributed by atoms with Crippen LogP contribution < -0.4 is 0 Å². The molecule has 9 nitrogen and oxygen atoms in total. The molecule has 2 aromatic rings. The van der Waals surface area contributed by atoms with Gasteiger partial charge in [0.15, 0.2) is 0 Å². The third-order valence-corrected chi connectivity index (χ3v) is 6.01. The van der Waals surface area contributed by atoms with E-state index >= 15 is 0 Å². The molecule has 4 atom stereocenters. The SMILES string of the molecule is COC(=O)CCCCC[C]1O[C@H](C)[C@@H](N=[N+]=[N-])[C@H](OC(=O)c2ccccc2)[C@@H]1OCc1ccccc1. The van der Waals surface area contributed by atoms with E-state index in [1.165, 1.54) is 7.11 Å². The summed E-state index contributed by atoms with van der Waals surface area (Å²) in [7, 11) is 1.38. The predicted octanol–water partition coefficient (Wildman–Crippen LogP) is 5.55. The Labute approximate surface area is 211 Å². The van der Waals surface area contributed by atoms with E-state index in [1.807, 2.05) is 36.4 Å². The van der Waals surface area contributed by atoms with Gasteiger partial charge in [-0.05, 0) is 43.0 Å². The number of benzene rings is 2. The molecule has 9 heteroatoms. The number of rotatable bonds is 12. The molecule has 1 radical (unpaired) electrons. The lowest BCUT2D eigenvalue weighted by atomic mass is 9.90. The lowest BCUT2D eigenvalue weighted by molar-refractivity contribution is -0.154. The molecule has 0 bridgehead atoms. The number of hydrogen-bond donors (Lipinski definition) is 0. The van der Waals surface area contributed by atoms with Crippen molar-refractivity contribution in [1.29, 1.82) is 0 Å². The number of hydrogen-bond acceptors (Lipinski definition) is 7. The quantitative estimate of drug-likeness (QED) is 0.125. The van der Waals surface area contributed by atoms with E-state index in [1.54, 1.807) is 31.2 Å². The molecule has 0 N–H and O–H groups in total. The zero-order valence-corrected chi connectivity index (χ0v) is 20.6. The number of carbonyl (C=O) groups excluding carboxylic acids is 2. The average Bonchev–Trinajstić information content (AvgIpc) is 2.91. The maximum absolute atomic E-state index is 13.0. The Hall–Kier alpha value is -3.39. The number of carbonyl (C=O) groups is 2. The lowest BCUT2D eigenvalue weighted by Crippen LogP contribution is -2.55. The second-order valence-electron chi connectivity index (χ2n) is 8.57. The minimum Gasteiger partial charge on any atom is -0.469 e. The predicted molar refractivity (Wildman–Crippen MR) is 132 cm³/mol. The van der Waals surface area contributed by atoms with Crippen LogP contribution in [0.5, 0.6) is 0 Å². The standard InChI is InChI=1S/C27H32N3O6/c1-19-24(29-30-28)26(36-27(32)21-14-8-4-9-15-21)25(34-18-20-12-6-3-7-13-20)22(35-19)16-10-5-11-17-23(31)33-2/h3-4,6-9,12-15,19,24-26H,5,10-11,16-18H2,1-2H3/t19-,24-,25-,26+/m1/s1. The highest BCUT2D eigenvalue weighted by molar-refractivity contribution is 5.89. The first kappa shape index (κ1) is 27.2. The van der Waals surface area contributed by atoms with E-state index in [4.69, 9.17) is 18.9 Å². The van der Waals surface area contributed by atoms with E-state index < -0.39 is 30.3 Å². The van der Waals surface area contributed by atoms with Crippen LogP contribution >= 0.6 is 0 Å². The zero-order chi connectivity index (χ0) is 25.8. The van der Waals surface area contributed by atoms with E-state index in [9.17, 15) is 15.1 Å². The van der Waals surface area contributed by atoms with Gasteiger partial charge in [0.05, 0.1) is 25.4 Å². The van der Waals surface area contributed by atoms with Crippen molar-refractivity contribution in [3.8, 4) is 0 Å². The minimum atomic E-state index is -0.869. The first-order chi connectivity index (χ1) is 17.5. The fraction of sp³-hybridized carbons (Fsp3) is 0.444. The molecule has 1 saturated heterocycles. The maximum atomic E-state index is 13.0. The molecule has 0 spiro atoms. The highest BCUT2D eigenvalue weighted by Crippen LogP contribution is 2.36. The summed E-state index contributed by atoms with van der Waals surface area (Å²) in [6.07, 6.45) is 1.64. The first-order valence-corrected chi connectivity index (χ1v) is 12.1. The molecule has 1 aliphatic heterocycles. The molecule has 36 heavy (non-hydrogen) atoms. The molecule has 1 heterocycles. The number of azide groups is 1. The van der Waals surface area contributed by atoms with Crippen LogP contribution in [0.15, 0.2) is 65.8 Å². The van der Waals surface area contributed by atoms with Crippen molar-refractivity contribution in [2.24, 2.45) is 5.11 Å². The van der Waals surface area contributed by atoms with Gasteiger partial charge in [-0.1, -0.05) is 66.5 Å². The van der Waals surface area contributed by atoms with Crippen LogP contribution in [-0.2, 0) is 30.3 Å². The van der Waals surface area contributed by atoms with Gasteiger partial charge in [0, 0.05) is 11.3 Å². The van der Waals surface area contributed by atoms with Crippen molar-refractivity contribution in [3.63, 3.8) is 0 Å². The van der Waals surface area contributed by atoms with Crippen molar-refractivity contribution in [1.82, 2.24) is 0 Å². The molecular formula is C27H32N3O6. The summed E-state index contributed by atoms with van der Waals surface area (Å²) in [5.74, 6) is -0.766. The minimum absolute atomic E-state index is 0.237. The molecule has 1 fully saturated rings. The largest absolute Gasteiger partial charge is 0.469 e. The molecule has 0 aliphatic carbocycles. The Bertz CT molecular complexity index is 1010. The summed E-state index contributed by atoms with van der Waals surface area (Å²) >= 11 is 0. The van der Waals surface area contributed by atoms with E-state index in [0.29, 0.717) is 30.9 Å². The van der Waals surface area contributed by atoms with Gasteiger partial charge >= 0.3 is 11.9 Å². The summed E-state index contributed by atoms with van der Waals surface area (Å²) in [5, 5.41) is 3.90. The smallest absolute Gasteiger partial charge is 0.338 e. The molecule has 2 aromatic carbocycles. The van der Waals surface area contributed by atoms with Gasteiger partial charge in [-0.3, -0.25) is 4.79 Å². The Morgan fingerprint density at radius 3 is 2.39 bits per heavy atom. The summed E-state index contributed by atoms with van der Waals surface area (Å²) in [4.78, 5) is 27.3.